The first kappa shape index (κ1) is 16.8. The van der Waals surface area contributed by atoms with Crippen LogP contribution in [0.25, 0.3) is 0 Å². The summed E-state index contributed by atoms with van der Waals surface area (Å²) in [7, 11) is 0. The zero-order chi connectivity index (χ0) is 14.9. The second-order valence-corrected chi connectivity index (χ2v) is 7.41. The minimum absolute atomic E-state index is 0.587. The molecule has 0 spiro atoms. The van der Waals surface area contributed by atoms with Crippen molar-refractivity contribution in [2.75, 3.05) is 6.54 Å². The Balaban J connectivity index is 1.91. The Labute approximate surface area is 134 Å². The van der Waals surface area contributed by atoms with Gasteiger partial charge in [-0.1, -0.05) is 25.8 Å². The van der Waals surface area contributed by atoms with E-state index in [-0.39, 0.29) is 0 Å². The molecule has 118 valence electrons. The van der Waals surface area contributed by atoms with Gasteiger partial charge in [0, 0.05) is 15.8 Å². The molecule has 21 heavy (non-hydrogen) atoms. The summed E-state index contributed by atoms with van der Waals surface area (Å²) in [5.41, 5.74) is 1.65. The van der Waals surface area contributed by atoms with Gasteiger partial charge in [0.05, 0.1) is 0 Å². The molecule has 1 nitrogen and oxygen atoms in total. The van der Waals surface area contributed by atoms with Crippen LogP contribution in [-0.2, 0) is 12.8 Å². The molecule has 1 aromatic rings. The van der Waals surface area contributed by atoms with Crippen molar-refractivity contribution in [3.63, 3.8) is 0 Å². The molecule has 1 heterocycles. The second-order valence-electron chi connectivity index (χ2n) is 6.24. The van der Waals surface area contributed by atoms with Crippen molar-refractivity contribution in [2.45, 2.75) is 77.2 Å². The fourth-order valence-electron chi connectivity index (χ4n) is 3.16. The minimum atomic E-state index is 0.587. The van der Waals surface area contributed by atoms with Crippen LogP contribution in [-0.4, -0.2) is 6.54 Å². The van der Waals surface area contributed by atoms with E-state index >= 15 is 0 Å². The van der Waals surface area contributed by atoms with Crippen LogP contribution >= 0.6 is 11.3 Å². The van der Waals surface area contributed by atoms with Crippen molar-refractivity contribution in [3.8, 4) is 0 Å². The molecule has 1 unspecified atom stereocenters. The Morgan fingerprint density at radius 1 is 1.29 bits per heavy atom. The monoisotopic (exact) mass is 305 g/mol. The number of rotatable bonds is 10. The predicted molar refractivity (Wildman–Crippen MR) is 95.3 cm³/mol. The lowest BCUT2D eigenvalue weighted by Crippen LogP contribution is -2.21. The van der Waals surface area contributed by atoms with E-state index in [1.54, 1.807) is 15.3 Å². The van der Waals surface area contributed by atoms with Crippen LogP contribution in [0.15, 0.2) is 18.7 Å². The quantitative estimate of drug-likeness (QED) is 0.425. The molecule has 1 N–H and O–H groups in total. The fourth-order valence-corrected chi connectivity index (χ4v) is 4.53. The van der Waals surface area contributed by atoms with Gasteiger partial charge in [-0.05, 0) is 69.5 Å². The highest BCUT2D eigenvalue weighted by Gasteiger charge is 2.18. The Bertz CT molecular complexity index is 398. The van der Waals surface area contributed by atoms with Crippen molar-refractivity contribution in [1.29, 1.82) is 0 Å². The molecule has 0 aliphatic heterocycles. The maximum Gasteiger partial charge on any atom is 0.0414 e. The van der Waals surface area contributed by atoms with Crippen molar-refractivity contribution < 1.29 is 0 Å². The second kappa shape index (κ2) is 9.42. The average Bonchev–Trinajstić information content (AvgIpc) is 2.93. The first-order valence-corrected chi connectivity index (χ1v) is 9.62. The van der Waals surface area contributed by atoms with Crippen molar-refractivity contribution in [1.82, 2.24) is 5.32 Å². The van der Waals surface area contributed by atoms with Crippen molar-refractivity contribution in [3.05, 3.63) is 34.0 Å². The summed E-state index contributed by atoms with van der Waals surface area (Å²) in [6.07, 6.45) is 15.1. The number of fused-ring (bicyclic) bond motifs is 1. The molecule has 2 heteroatoms. The lowest BCUT2D eigenvalue weighted by Gasteiger charge is -2.17. The van der Waals surface area contributed by atoms with Crippen LogP contribution in [0.4, 0.5) is 0 Å². The summed E-state index contributed by atoms with van der Waals surface area (Å²) >= 11 is 2.08. The molecular formula is C19H31NS. The first-order valence-electron chi connectivity index (χ1n) is 8.81. The van der Waals surface area contributed by atoms with Gasteiger partial charge >= 0.3 is 0 Å². The Morgan fingerprint density at radius 2 is 2.14 bits per heavy atom. The van der Waals surface area contributed by atoms with Gasteiger partial charge in [0.2, 0.25) is 0 Å². The van der Waals surface area contributed by atoms with Crippen molar-refractivity contribution in [2.24, 2.45) is 0 Å². The molecule has 1 atom stereocenters. The number of unbranched alkanes of at least 4 members (excludes halogenated alkanes) is 3. The van der Waals surface area contributed by atoms with E-state index in [1.807, 2.05) is 6.08 Å². The summed E-state index contributed by atoms with van der Waals surface area (Å²) in [5.74, 6) is 0. The lowest BCUT2D eigenvalue weighted by molar-refractivity contribution is 0.477. The summed E-state index contributed by atoms with van der Waals surface area (Å²) in [6.45, 7) is 7.20. The van der Waals surface area contributed by atoms with Gasteiger partial charge in [0.25, 0.3) is 0 Å². The third kappa shape index (κ3) is 5.27. The molecular weight excluding hydrogens is 274 g/mol. The highest BCUT2D eigenvalue weighted by Crippen LogP contribution is 2.34. The van der Waals surface area contributed by atoms with Gasteiger partial charge in [0.1, 0.15) is 0 Å². The van der Waals surface area contributed by atoms with Crippen LogP contribution in [0.2, 0.25) is 0 Å². The van der Waals surface area contributed by atoms with Crippen molar-refractivity contribution >= 4 is 11.3 Å². The molecule has 0 saturated heterocycles. The lowest BCUT2D eigenvalue weighted by atomic mass is 9.98. The van der Waals surface area contributed by atoms with E-state index in [0.717, 1.165) is 6.54 Å². The van der Waals surface area contributed by atoms with E-state index in [1.165, 1.54) is 64.2 Å². The van der Waals surface area contributed by atoms with E-state index in [9.17, 15) is 0 Å². The molecule has 0 bridgehead atoms. The van der Waals surface area contributed by atoms with Crippen LogP contribution in [0.1, 0.15) is 79.6 Å². The van der Waals surface area contributed by atoms with Crippen LogP contribution in [0, 0.1) is 0 Å². The normalized spacial score (nSPS) is 15.7. The Hall–Kier alpha value is -0.600. The summed E-state index contributed by atoms with van der Waals surface area (Å²) in [4.78, 5) is 3.27. The third-order valence-electron chi connectivity index (χ3n) is 4.40. The summed E-state index contributed by atoms with van der Waals surface area (Å²) < 4.78 is 0. The number of hydrogen-bond acceptors (Lipinski definition) is 2. The maximum atomic E-state index is 3.81. The number of hydrogen-bond donors (Lipinski definition) is 1. The fraction of sp³-hybridized carbons (Fsp3) is 0.684. The van der Waals surface area contributed by atoms with Gasteiger partial charge in [-0.25, -0.2) is 0 Å². The third-order valence-corrected chi connectivity index (χ3v) is 5.75. The predicted octanol–water partition coefficient (Wildman–Crippen LogP) is 5.80. The first-order chi connectivity index (χ1) is 10.3. The highest BCUT2D eigenvalue weighted by atomic mass is 32.1. The zero-order valence-corrected chi connectivity index (χ0v) is 14.4. The summed E-state index contributed by atoms with van der Waals surface area (Å²) in [5, 5.41) is 3.78. The molecule has 0 fully saturated rings. The Kier molecular flexibility index (Phi) is 7.52. The standard InChI is InChI=1S/C19H31NS/c1-3-5-6-7-8-12-17(20-14-4-2)19-15-16-11-9-10-13-18(16)21-19/h3,15,17,20H,1,4-14H2,2H3. The van der Waals surface area contributed by atoms with Crippen LogP contribution < -0.4 is 5.32 Å². The topological polar surface area (TPSA) is 12.0 Å². The SMILES string of the molecule is C=CCCCCCC(NCCC)c1cc2c(s1)CCCC2. The molecule has 0 radical (unpaired) electrons. The van der Waals surface area contributed by atoms with Crippen LogP contribution in [0.5, 0.6) is 0 Å². The van der Waals surface area contributed by atoms with Gasteiger partial charge in [-0.2, -0.15) is 0 Å². The minimum Gasteiger partial charge on any atom is -0.309 e. The Morgan fingerprint density at radius 3 is 2.90 bits per heavy atom. The molecule has 1 aliphatic rings. The maximum absolute atomic E-state index is 3.81. The summed E-state index contributed by atoms with van der Waals surface area (Å²) in [6, 6.07) is 3.10. The van der Waals surface area contributed by atoms with Gasteiger partial charge in [0.15, 0.2) is 0 Å². The number of allylic oxidation sites excluding steroid dienone is 1. The van der Waals surface area contributed by atoms with Gasteiger partial charge in [-0.15, -0.1) is 17.9 Å². The van der Waals surface area contributed by atoms with Gasteiger partial charge < -0.3 is 5.32 Å². The zero-order valence-electron chi connectivity index (χ0n) is 13.6. The smallest absolute Gasteiger partial charge is 0.0414 e. The molecule has 0 aromatic carbocycles. The van der Waals surface area contributed by atoms with Crippen LogP contribution in [0.3, 0.4) is 0 Å². The molecule has 0 saturated carbocycles. The van der Waals surface area contributed by atoms with E-state index in [2.05, 4.69) is 36.2 Å². The largest absolute Gasteiger partial charge is 0.309 e. The molecule has 1 aromatic heterocycles. The molecule has 1 aliphatic carbocycles. The van der Waals surface area contributed by atoms with E-state index in [0.29, 0.717) is 6.04 Å². The average molecular weight is 306 g/mol. The molecule has 2 rings (SSSR count). The van der Waals surface area contributed by atoms with E-state index < -0.39 is 0 Å². The van der Waals surface area contributed by atoms with E-state index in [4.69, 9.17) is 0 Å². The number of nitrogens with one attached hydrogen (secondary N) is 1. The number of thiophene rings is 1. The highest BCUT2D eigenvalue weighted by molar-refractivity contribution is 7.12. The molecule has 0 amide bonds. The van der Waals surface area contributed by atoms with Gasteiger partial charge in [-0.3, -0.25) is 0 Å². The number of aryl methyl sites for hydroxylation is 2.